The second-order valence-corrected chi connectivity index (χ2v) is 9.24. The average molecular weight is 475 g/mol. The van der Waals surface area contributed by atoms with Gasteiger partial charge < -0.3 is 29.1 Å². The van der Waals surface area contributed by atoms with E-state index in [4.69, 9.17) is 20.6 Å². The molecule has 0 aromatic heterocycles. The van der Waals surface area contributed by atoms with Crippen LogP contribution in [0.4, 0.5) is 0 Å². The van der Waals surface area contributed by atoms with E-state index in [1.54, 1.807) is 32.9 Å². The highest BCUT2D eigenvalue weighted by atomic mass is 16.5. The van der Waals surface area contributed by atoms with Crippen LogP contribution in [0.1, 0.15) is 51.8 Å². The van der Waals surface area contributed by atoms with Gasteiger partial charge in [0.25, 0.3) is 0 Å². The quantitative estimate of drug-likeness (QED) is 0.350. The van der Waals surface area contributed by atoms with Crippen LogP contribution in [-0.2, 0) is 25.5 Å². The van der Waals surface area contributed by atoms with Crippen LogP contribution in [0.2, 0.25) is 0 Å². The molecule has 0 aliphatic carbocycles. The second-order valence-electron chi connectivity index (χ2n) is 9.24. The van der Waals surface area contributed by atoms with Crippen molar-refractivity contribution in [2.75, 3.05) is 33.4 Å². The summed E-state index contributed by atoms with van der Waals surface area (Å²) in [6.07, 6.45) is 5.39. The molecular formula is C25H34N2O7. The normalized spacial score (nSPS) is 15.4. The molecule has 0 bridgehead atoms. The summed E-state index contributed by atoms with van der Waals surface area (Å²) < 4.78 is 16.5. The van der Waals surface area contributed by atoms with Crippen molar-refractivity contribution in [3.05, 3.63) is 23.3 Å². The number of carboxylic acid groups (broad SMARTS) is 1. The predicted molar refractivity (Wildman–Crippen MR) is 126 cm³/mol. The standard InChI is InChI=1S/C25H34N2O7/c1-8-12-33-13-11-27(25(4,5)6)23(29)22(28)26-10-9-17-14-19(32-7)20(34-16(2)3)15-18(17)21(26)24(30)31/h1,14-16,21H,9-13H2,2-7H3,(H,30,31). The number of hydrogen-bond acceptors (Lipinski definition) is 6. The number of methoxy groups -OCH3 is 1. The van der Waals surface area contributed by atoms with Crippen LogP contribution in [0.15, 0.2) is 12.1 Å². The van der Waals surface area contributed by atoms with Gasteiger partial charge in [0.1, 0.15) is 6.61 Å². The summed E-state index contributed by atoms with van der Waals surface area (Å²) in [5.74, 6) is 0.306. The lowest BCUT2D eigenvalue weighted by molar-refractivity contribution is -0.161. The molecule has 0 saturated carbocycles. The smallest absolute Gasteiger partial charge is 0.331 e. The first-order chi connectivity index (χ1) is 15.9. The number of amides is 2. The minimum Gasteiger partial charge on any atom is -0.493 e. The average Bonchev–Trinajstić information content (AvgIpc) is 2.75. The molecule has 1 N–H and O–H groups in total. The summed E-state index contributed by atoms with van der Waals surface area (Å²) in [5.41, 5.74) is 0.438. The minimum absolute atomic E-state index is 0.0770. The molecule has 1 unspecified atom stereocenters. The largest absolute Gasteiger partial charge is 0.493 e. The highest BCUT2D eigenvalue weighted by Gasteiger charge is 2.42. The van der Waals surface area contributed by atoms with Crippen LogP contribution in [-0.4, -0.2) is 77.7 Å². The first-order valence-electron chi connectivity index (χ1n) is 11.2. The summed E-state index contributed by atoms with van der Waals surface area (Å²) in [6, 6.07) is 1.99. The van der Waals surface area contributed by atoms with Gasteiger partial charge in [-0.25, -0.2) is 4.79 Å². The zero-order valence-corrected chi connectivity index (χ0v) is 20.7. The van der Waals surface area contributed by atoms with Gasteiger partial charge in [0.2, 0.25) is 0 Å². The van der Waals surface area contributed by atoms with Crippen molar-refractivity contribution in [1.82, 2.24) is 9.80 Å². The maximum atomic E-state index is 13.3. The Hall–Kier alpha value is -3.25. The van der Waals surface area contributed by atoms with E-state index in [0.717, 1.165) is 10.5 Å². The fourth-order valence-electron chi connectivity index (χ4n) is 3.88. The highest BCUT2D eigenvalue weighted by Crippen LogP contribution is 2.39. The summed E-state index contributed by atoms with van der Waals surface area (Å²) in [5, 5.41) is 10.1. The second kappa shape index (κ2) is 11.3. The molecule has 34 heavy (non-hydrogen) atoms. The van der Waals surface area contributed by atoms with Crippen molar-refractivity contribution in [3.63, 3.8) is 0 Å². The van der Waals surface area contributed by atoms with Crippen LogP contribution >= 0.6 is 0 Å². The van der Waals surface area contributed by atoms with Crippen LogP contribution < -0.4 is 9.47 Å². The van der Waals surface area contributed by atoms with Crippen molar-refractivity contribution < 1.29 is 33.7 Å². The number of hydrogen-bond donors (Lipinski definition) is 1. The number of fused-ring (bicyclic) bond motifs is 1. The third kappa shape index (κ3) is 6.20. The van der Waals surface area contributed by atoms with Gasteiger partial charge in [-0.2, -0.15) is 0 Å². The van der Waals surface area contributed by atoms with Gasteiger partial charge in [0.15, 0.2) is 17.5 Å². The maximum absolute atomic E-state index is 13.3. The lowest BCUT2D eigenvalue weighted by atomic mass is 9.91. The van der Waals surface area contributed by atoms with Crippen LogP contribution in [0.5, 0.6) is 11.5 Å². The van der Waals surface area contributed by atoms with E-state index in [-0.39, 0.29) is 32.4 Å². The van der Waals surface area contributed by atoms with Crippen LogP contribution in [0.25, 0.3) is 0 Å². The Kier molecular flexibility index (Phi) is 8.93. The molecule has 0 radical (unpaired) electrons. The molecule has 0 saturated heterocycles. The topological polar surface area (TPSA) is 106 Å². The zero-order chi connectivity index (χ0) is 25.6. The fraction of sp³-hybridized carbons (Fsp3) is 0.560. The Bertz CT molecular complexity index is 959. The summed E-state index contributed by atoms with van der Waals surface area (Å²) >= 11 is 0. The van der Waals surface area contributed by atoms with Crippen molar-refractivity contribution in [1.29, 1.82) is 0 Å². The number of benzene rings is 1. The summed E-state index contributed by atoms with van der Waals surface area (Å²) in [6.45, 7) is 9.53. The van der Waals surface area contributed by atoms with Gasteiger partial charge in [0.05, 0.1) is 19.8 Å². The lowest BCUT2D eigenvalue weighted by Gasteiger charge is -2.39. The van der Waals surface area contributed by atoms with Gasteiger partial charge in [-0.1, -0.05) is 5.92 Å². The molecule has 1 aliphatic heterocycles. The number of carbonyl (C=O) groups excluding carboxylic acids is 2. The van der Waals surface area contributed by atoms with Crippen LogP contribution in [0.3, 0.4) is 0 Å². The lowest BCUT2D eigenvalue weighted by Crippen LogP contribution is -2.55. The highest BCUT2D eigenvalue weighted by molar-refractivity contribution is 6.35. The summed E-state index contributed by atoms with van der Waals surface area (Å²) in [7, 11) is 1.51. The molecule has 1 atom stereocenters. The minimum atomic E-state index is -1.33. The van der Waals surface area contributed by atoms with Crippen molar-refractivity contribution in [2.45, 2.75) is 58.7 Å². The van der Waals surface area contributed by atoms with Gasteiger partial charge in [0, 0.05) is 18.6 Å². The number of aliphatic carboxylic acids is 1. The Morgan fingerprint density at radius 3 is 2.47 bits per heavy atom. The maximum Gasteiger partial charge on any atom is 0.331 e. The molecule has 9 nitrogen and oxygen atoms in total. The Morgan fingerprint density at radius 1 is 1.26 bits per heavy atom. The van der Waals surface area contributed by atoms with E-state index >= 15 is 0 Å². The third-order valence-corrected chi connectivity index (χ3v) is 5.39. The molecule has 2 rings (SSSR count). The van der Waals surface area contributed by atoms with E-state index in [2.05, 4.69) is 5.92 Å². The SMILES string of the molecule is C#CCOCCN(C(=O)C(=O)N1CCc2cc(OC)c(OC(C)C)cc2C1C(=O)O)C(C)(C)C. The van der Waals surface area contributed by atoms with Crippen LogP contribution in [0, 0.1) is 12.3 Å². The van der Waals surface area contributed by atoms with Gasteiger partial charge >= 0.3 is 17.8 Å². The molecule has 1 aliphatic rings. The molecule has 2 amide bonds. The molecule has 0 fully saturated rings. The number of terminal acetylenes is 1. The zero-order valence-electron chi connectivity index (χ0n) is 20.7. The number of carbonyl (C=O) groups is 3. The first kappa shape index (κ1) is 27.0. The van der Waals surface area contributed by atoms with Crippen molar-refractivity contribution >= 4 is 17.8 Å². The number of rotatable bonds is 8. The molecule has 1 aromatic rings. The number of carboxylic acids is 1. The fourth-order valence-corrected chi connectivity index (χ4v) is 3.88. The van der Waals surface area contributed by atoms with Gasteiger partial charge in [-0.3, -0.25) is 9.59 Å². The van der Waals surface area contributed by atoms with Crippen molar-refractivity contribution in [3.8, 4) is 23.8 Å². The van der Waals surface area contributed by atoms with Gasteiger partial charge in [-0.05, 0) is 64.3 Å². The predicted octanol–water partition coefficient (Wildman–Crippen LogP) is 2.27. The number of nitrogens with zero attached hydrogens (tertiary/aromatic N) is 2. The van der Waals surface area contributed by atoms with E-state index in [0.29, 0.717) is 23.5 Å². The van der Waals surface area contributed by atoms with E-state index in [1.165, 1.54) is 12.0 Å². The molecule has 9 heteroatoms. The molecule has 186 valence electrons. The van der Waals surface area contributed by atoms with E-state index in [1.807, 2.05) is 13.8 Å². The molecule has 1 heterocycles. The number of ether oxygens (including phenoxy) is 3. The van der Waals surface area contributed by atoms with E-state index < -0.39 is 29.4 Å². The Balaban J connectivity index is 2.40. The monoisotopic (exact) mass is 474 g/mol. The third-order valence-electron chi connectivity index (χ3n) is 5.39. The molecule has 0 spiro atoms. The Labute approximate surface area is 200 Å². The van der Waals surface area contributed by atoms with E-state index in [9.17, 15) is 19.5 Å². The van der Waals surface area contributed by atoms with Gasteiger partial charge in [-0.15, -0.1) is 6.42 Å². The molecule has 1 aromatic carbocycles. The van der Waals surface area contributed by atoms with Crippen molar-refractivity contribution in [2.24, 2.45) is 0 Å². The molecular weight excluding hydrogens is 440 g/mol. The first-order valence-corrected chi connectivity index (χ1v) is 11.2. The Morgan fingerprint density at radius 2 is 1.94 bits per heavy atom. The summed E-state index contributed by atoms with van der Waals surface area (Å²) in [4.78, 5) is 41.4.